The minimum atomic E-state index is -0.535. The van der Waals surface area contributed by atoms with Crippen LogP contribution in [0.1, 0.15) is 35.6 Å². The second-order valence-electron chi connectivity index (χ2n) is 8.65. The van der Waals surface area contributed by atoms with Gasteiger partial charge in [-0.05, 0) is 60.9 Å². The average Bonchev–Trinajstić information content (AvgIpc) is 2.88. The Balaban J connectivity index is 1.70. The first kappa shape index (κ1) is 24.3. The third kappa shape index (κ3) is 5.29. The molecule has 2 amide bonds. The number of benzene rings is 3. The van der Waals surface area contributed by atoms with Gasteiger partial charge in [0.05, 0.1) is 26.2 Å². The number of rotatable bonds is 7. The lowest BCUT2D eigenvalue weighted by Gasteiger charge is -2.41. The summed E-state index contributed by atoms with van der Waals surface area (Å²) in [6, 6.07) is 18.7. The van der Waals surface area contributed by atoms with Gasteiger partial charge in [0, 0.05) is 18.7 Å². The highest BCUT2D eigenvalue weighted by atomic mass is 19.1. The van der Waals surface area contributed by atoms with Crippen LogP contribution in [-0.2, 0) is 16.1 Å². The fraction of sp³-hybridized carbons (Fsp3) is 0.286. The molecule has 4 rings (SSSR count). The fourth-order valence-electron chi connectivity index (χ4n) is 4.52. The molecule has 182 valence electrons. The highest BCUT2D eigenvalue weighted by molar-refractivity contribution is 5.97. The van der Waals surface area contributed by atoms with Crippen LogP contribution in [0.15, 0.2) is 66.7 Å². The van der Waals surface area contributed by atoms with Gasteiger partial charge in [0.15, 0.2) is 11.5 Å². The lowest BCUT2D eigenvalue weighted by molar-refractivity contribution is -0.129. The van der Waals surface area contributed by atoms with Gasteiger partial charge in [0.25, 0.3) is 0 Å². The number of nitrogens with zero attached hydrogens (tertiary/aromatic N) is 1. The van der Waals surface area contributed by atoms with Crippen LogP contribution in [0.3, 0.4) is 0 Å². The van der Waals surface area contributed by atoms with E-state index in [1.54, 1.807) is 37.3 Å². The number of halogens is 1. The molecule has 7 heteroatoms. The maximum Gasteiger partial charge on any atom is 0.227 e. The molecule has 0 spiro atoms. The van der Waals surface area contributed by atoms with Crippen LogP contribution in [0, 0.1) is 18.7 Å². The molecule has 1 aliphatic rings. The molecule has 0 saturated carbocycles. The summed E-state index contributed by atoms with van der Waals surface area (Å²) in [6.45, 7) is 2.26. The standard InChI is InChI=1S/C28H29FN2O4/c1-18-4-11-22(12-5-18)31-26(32)15-13-23(28(33)30-17-19-6-9-21(29)10-7-19)27(31)20-8-14-24(34-2)25(16-20)35-3/h4-12,14,16,23,27H,13,15,17H2,1-3H3,(H,30,33)/t23-,27-/m0/s1. The van der Waals surface area contributed by atoms with Crippen LogP contribution in [0.2, 0.25) is 0 Å². The highest BCUT2D eigenvalue weighted by Gasteiger charge is 2.41. The van der Waals surface area contributed by atoms with Crippen LogP contribution >= 0.6 is 0 Å². The molecule has 3 aromatic rings. The molecule has 0 radical (unpaired) electrons. The van der Waals surface area contributed by atoms with E-state index < -0.39 is 12.0 Å². The van der Waals surface area contributed by atoms with Crippen LogP contribution in [0.25, 0.3) is 0 Å². The topological polar surface area (TPSA) is 67.9 Å². The Hall–Kier alpha value is -3.87. The second kappa shape index (κ2) is 10.6. The number of hydrogen-bond donors (Lipinski definition) is 1. The van der Waals surface area contributed by atoms with E-state index in [0.29, 0.717) is 17.9 Å². The van der Waals surface area contributed by atoms with Gasteiger partial charge < -0.3 is 19.7 Å². The first-order valence-electron chi connectivity index (χ1n) is 11.5. The molecule has 0 aromatic heterocycles. The zero-order valence-electron chi connectivity index (χ0n) is 20.1. The van der Waals surface area contributed by atoms with Gasteiger partial charge in [-0.15, -0.1) is 0 Å². The predicted octanol–water partition coefficient (Wildman–Crippen LogP) is 4.95. The molecule has 0 unspecified atom stereocenters. The molecule has 1 heterocycles. The number of nitrogens with one attached hydrogen (secondary N) is 1. The van der Waals surface area contributed by atoms with E-state index in [9.17, 15) is 14.0 Å². The summed E-state index contributed by atoms with van der Waals surface area (Å²) in [5.41, 5.74) is 3.38. The normalized spacial score (nSPS) is 17.7. The van der Waals surface area contributed by atoms with Gasteiger partial charge in [-0.25, -0.2) is 4.39 Å². The van der Waals surface area contributed by atoms with Crippen molar-refractivity contribution in [1.29, 1.82) is 0 Å². The minimum absolute atomic E-state index is 0.0452. The molecule has 2 atom stereocenters. The number of ether oxygens (including phenoxy) is 2. The van der Waals surface area contributed by atoms with Crippen molar-refractivity contribution in [3.63, 3.8) is 0 Å². The lowest BCUT2D eigenvalue weighted by atomic mass is 9.83. The summed E-state index contributed by atoms with van der Waals surface area (Å²) in [5.74, 6) is 0.0607. The quantitative estimate of drug-likeness (QED) is 0.524. The third-order valence-corrected chi connectivity index (χ3v) is 6.38. The number of aryl methyl sites for hydroxylation is 1. The summed E-state index contributed by atoms with van der Waals surface area (Å²) < 4.78 is 24.1. The molecule has 3 aromatic carbocycles. The van der Waals surface area contributed by atoms with E-state index in [1.165, 1.54) is 12.1 Å². The van der Waals surface area contributed by atoms with Gasteiger partial charge in [-0.3, -0.25) is 9.59 Å². The minimum Gasteiger partial charge on any atom is -0.493 e. The summed E-state index contributed by atoms with van der Waals surface area (Å²) in [5, 5.41) is 2.98. The summed E-state index contributed by atoms with van der Waals surface area (Å²) in [7, 11) is 3.12. The van der Waals surface area contributed by atoms with Crippen LogP contribution in [0.5, 0.6) is 11.5 Å². The smallest absolute Gasteiger partial charge is 0.227 e. The van der Waals surface area contributed by atoms with Crippen LogP contribution in [-0.4, -0.2) is 26.0 Å². The van der Waals surface area contributed by atoms with Crippen LogP contribution < -0.4 is 19.7 Å². The number of methoxy groups -OCH3 is 2. The Morgan fingerprint density at radius 1 is 1.00 bits per heavy atom. The van der Waals surface area contributed by atoms with Crippen molar-refractivity contribution in [2.24, 2.45) is 5.92 Å². The van der Waals surface area contributed by atoms with Crippen molar-refractivity contribution in [2.45, 2.75) is 32.4 Å². The second-order valence-corrected chi connectivity index (χ2v) is 8.65. The van der Waals surface area contributed by atoms with Crippen molar-refractivity contribution in [2.75, 3.05) is 19.1 Å². The number of anilines is 1. The van der Waals surface area contributed by atoms with Gasteiger partial charge >= 0.3 is 0 Å². The SMILES string of the molecule is COc1ccc([C@H]2[C@@H](C(=O)NCc3ccc(F)cc3)CCC(=O)N2c2ccc(C)cc2)cc1OC. The van der Waals surface area contributed by atoms with Crippen molar-refractivity contribution < 1.29 is 23.5 Å². The first-order chi connectivity index (χ1) is 16.9. The molecule has 1 fully saturated rings. The number of carbonyl (C=O) groups excluding carboxylic acids is 2. The molecule has 0 aliphatic carbocycles. The van der Waals surface area contributed by atoms with Crippen molar-refractivity contribution in [3.05, 3.63) is 89.2 Å². The Bertz CT molecular complexity index is 1190. The summed E-state index contributed by atoms with van der Waals surface area (Å²) in [4.78, 5) is 28.4. The molecule has 6 nitrogen and oxygen atoms in total. The van der Waals surface area contributed by atoms with E-state index in [0.717, 1.165) is 22.4 Å². The Labute approximate surface area is 204 Å². The number of piperidine rings is 1. The predicted molar refractivity (Wildman–Crippen MR) is 132 cm³/mol. The monoisotopic (exact) mass is 476 g/mol. The zero-order chi connectivity index (χ0) is 24.9. The summed E-state index contributed by atoms with van der Waals surface area (Å²) in [6.07, 6.45) is 0.668. The molecular formula is C28H29FN2O4. The van der Waals surface area contributed by atoms with Crippen LogP contribution in [0.4, 0.5) is 10.1 Å². The van der Waals surface area contributed by atoms with Gasteiger partial charge in [-0.2, -0.15) is 0 Å². The van der Waals surface area contributed by atoms with E-state index >= 15 is 0 Å². The van der Waals surface area contributed by atoms with Crippen molar-refractivity contribution in [1.82, 2.24) is 5.32 Å². The van der Waals surface area contributed by atoms with Gasteiger partial charge in [0.1, 0.15) is 5.82 Å². The average molecular weight is 477 g/mol. The van der Waals surface area contributed by atoms with E-state index in [2.05, 4.69) is 5.32 Å². The van der Waals surface area contributed by atoms with E-state index in [1.807, 2.05) is 43.3 Å². The van der Waals surface area contributed by atoms with Gasteiger partial charge in [-0.1, -0.05) is 35.9 Å². The Kier molecular flexibility index (Phi) is 7.34. The molecule has 0 bridgehead atoms. The Morgan fingerprint density at radius 3 is 2.34 bits per heavy atom. The van der Waals surface area contributed by atoms with E-state index in [4.69, 9.17) is 9.47 Å². The fourth-order valence-corrected chi connectivity index (χ4v) is 4.52. The Morgan fingerprint density at radius 2 is 1.69 bits per heavy atom. The largest absolute Gasteiger partial charge is 0.493 e. The van der Waals surface area contributed by atoms with Crippen molar-refractivity contribution >= 4 is 17.5 Å². The highest BCUT2D eigenvalue weighted by Crippen LogP contribution is 2.42. The summed E-state index contributed by atoms with van der Waals surface area (Å²) >= 11 is 0. The maximum atomic E-state index is 13.5. The van der Waals surface area contributed by atoms with Crippen molar-refractivity contribution in [3.8, 4) is 11.5 Å². The first-order valence-corrected chi connectivity index (χ1v) is 11.5. The molecule has 1 aliphatic heterocycles. The zero-order valence-corrected chi connectivity index (χ0v) is 20.1. The molecular weight excluding hydrogens is 447 g/mol. The maximum absolute atomic E-state index is 13.5. The number of carbonyl (C=O) groups is 2. The molecule has 35 heavy (non-hydrogen) atoms. The third-order valence-electron chi connectivity index (χ3n) is 6.38. The molecule has 1 saturated heterocycles. The number of amides is 2. The van der Waals surface area contributed by atoms with E-state index in [-0.39, 0.29) is 30.6 Å². The lowest BCUT2D eigenvalue weighted by Crippen LogP contribution is -2.48. The molecule has 1 N–H and O–H groups in total. The van der Waals surface area contributed by atoms with Gasteiger partial charge in [0.2, 0.25) is 11.8 Å². The number of hydrogen-bond acceptors (Lipinski definition) is 4.